The molecule has 0 atom stereocenters. The molecule has 7 heteroatoms. The molecule has 0 saturated carbocycles. The Labute approximate surface area is 164 Å². The molecule has 0 unspecified atom stereocenters. The van der Waals surface area contributed by atoms with Crippen molar-refractivity contribution < 1.29 is 33.2 Å². The second-order valence-corrected chi connectivity index (χ2v) is 5.88. The molecule has 0 N–H and O–H groups in total. The highest BCUT2D eigenvalue weighted by atomic mass is 16.6. The van der Waals surface area contributed by atoms with E-state index in [-0.39, 0.29) is 6.61 Å². The summed E-state index contributed by atoms with van der Waals surface area (Å²) in [6.45, 7) is 3.38. The Balaban J connectivity index is 1.80. The lowest BCUT2D eigenvalue weighted by molar-refractivity contribution is 0.00454. The lowest BCUT2D eigenvalue weighted by atomic mass is 10.2. The molecular formula is C21H24O7. The quantitative estimate of drug-likeness (QED) is 0.695. The van der Waals surface area contributed by atoms with E-state index in [2.05, 4.69) is 0 Å². The van der Waals surface area contributed by atoms with Crippen LogP contribution in [0.4, 0.5) is 0 Å². The highest BCUT2D eigenvalue weighted by molar-refractivity contribution is 5.81. The third-order valence-corrected chi connectivity index (χ3v) is 3.91. The van der Waals surface area contributed by atoms with Crippen molar-refractivity contribution in [1.29, 1.82) is 0 Å². The first kappa shape index (κ1) is 20.1. The van der Waals surface area contributed by atoms with Crippen LogP contribution < -0.4 is 14.2 Å². The van der Waals surface area contributed by atoms with Gasteiger partial charge in [-0.15, -0.1) is 0 Å². The summed E-state index contributed by atoms with van der Waals surface area (Å²) in [6, 6.07) is 12.5. The number of rotatable bonds is 1. The molecule has 0 saturated heterocycles. The molecule has 0 amide bonds. The zero-order chi connectivity index (χ0) is 19.4. The smallest absolute Gasteiger partial charge is 0.172 e. The lowest BCUT2D eigenvalue weighted by Crippen LogP contribution is -2.15. The molecule has 7 nitrogen and oxygen atoms in total. The molecule has 0 bridgehead atoms. The normalized spacial score (nSPS) is 16.7. The van der Waals surface area contributed by atoms with Gasteiger partial charge < -0.3 is 28.4 Å². The van der Waals surface area contributed by atoms with Crippen molar-refractivity contribution >= 4 is 6.29 Å². The van der Waals surface area contributed by atoms with Crippen LogP contribution in [0.2, 0.25) is 0 Å². The van der Waals surface area contributed by atoms with E-state index >= 15 is 0 Å². The van der Waals surface area contributed by atoms with Gasteiger partial charge in [0.05, 0.1) is 45.2 Å². The first-order chi connectivity index (χ1) is 13.9. The van der Waals surface area contributed by atoms with Crippen molar-refractivity contribution in [1.82, 2.24) is 0 Å². The van der Waals surface area contributed by atoms with Crippen LogP contribution in [0.5, 0.6) is 23.0 Å². The molecule has 0 aromatic heterocycles. The summed E-state index contributed by atoms with van der Waals surface area (Å²) in [7, 11) is 0. The number of hydrogen-bond donors (Lipinski definition) is 0. The average Bonchev–Trinajstić information content (AvgIpc) is 2.72. The Kier molecular flexibility index (Phi) is 8.11. The van der Waals surface area contributed by atoms with Gasteiger partial charge in [-0.2, -0.15) is 0 Å². The molecule has 0 radical (unpaired) electrons. The summed E-state index contributed by atoms with van der Waals surface area (Å²) in [6.07, 6.45) is 0.739. The van der Waals surface area contributed by atoms with Crippen molar-refractivity contribution in [2.45, 2.75) is 0 Å². The first-order valence-corrected chi connectivity index (χ1v) is 9.22. The first-order valence-electron chi connectivity index (χ1n) is 9.22. The van der Waals surface area contributed by atoms with E-state index in [4.69, 9.17) is 28.4 Å². The topological polar surface area (TPSA) is 72.5 Å². The second kappa shape index (κ2) is 11.3. The second-order valence-electron chi connectivity index (χ2n) is 5.88. The standard InChI is InChI=1S/C21H24O7/c22-16-17-4-3-7-20-21(17)27-15-13-25-11-9-23-8-10-24-12-14-26-18-5-1-2-6-19(18)28-20/h1-7,16H,8-15H2. The van der Waals surface area contributed by atoms with Gasteiger partial charge in [0.1, 0.15) is 13.2 Å². The van der Waals surface area contributed by atoms with Crippen LogP contribution in [0, 0.1) is 0 Å². The van der Waals surface area contributed by atoms with E-state index < -0.39 is 0 Å². The fraction of sp³-hybridized carbons (Fsp3) is 0.381. The fourth-order valence-corrected chi connectivity index (χ4v) is 2.59. The van der Waals surface area contributed by atoms with Crippen LogP contribution in [0.3, 0.4) is 0 Å². The van der Waals surface area contributed by atoms with Crippen molar-refractivity contribution in [3.63, 3.8) is 0 Å². The number of para-hydroxylation sites is 3. The summed E-state index contributed by atoms with van der Waals surface area (Å²) >= 11 is 0. The zero-order valence-electron chi connectivity index (χ0n) is 15.6. The number of benzene rings is 2. The fourth-order valence-electron chi connectivity index (χ4n) is 2.59. The number of hydrogen-bond acceptors (Lipinski definition) is 7. The molecule has 2 aromatic rings. The largest absolute Gasteiger partial charge is 0.487 e. The van der Waals surface area contributed by atoms with Crippen molar-refractivity contribution in [2.75, 3.05) is 52.9 Å². The molecule has 1 heterocycles. The van der Waals surface area contributed by atoms with Gasteiger partial charge in [0.25, 0.3) is 0 Å². The van der Waals surface area contributed by atoms with E-state index in [1.165, 1.54) is 0 Å². The third kappa shape index (κ3) is 5.95. The Hall–Kier alpha value is -2.61. The van der Waals surface area contributed by atoms with Gasteiger partial charge >= 0.3 is 0 Å². The van der Waals surface area contributed by atoms with Crippen molar-refractivity contribution in [2.24, 2.45) is 0 Å². The van der Waals surface area contributed by atoms with Crippen LogP contribution >= 0.6 is 0 Å². The molecule has 150 valence electrons. The summed E-state index contributed by atoms with van der Waals surface area (Å²) in [4.78, 5) is 11.4. The van der Waals surface area contributed by atoms with Crippen LogP contribution in [0.1, 0.15) is 10.4 Å². The summed E-state index contributed by atoms with van der Waals surface area (Å²) < 4.78 is 34.0. The van der Waals surface area contributed by atoms with Gasteiger partial charge in [-0.1, -0.05) is 18.2 Å². The minimum Gasteiger partial charge on any atom is -0.487 e. The predicted octanol–water partition coefficient (Wildman–Crippen LogP) is 3.11. The minimum atomic E-state index is 0.280. The summed E-state index contributed by atoms with van der Waals surface area (Å²) in [5, 5.41) is 0. The number of fused-ring (bicyclic) bond motifs is 2. The summed E-state index contributed by atoms with van der Waals surface area (Å²) in [5.41, 5.74) is 0.405. The molecule has 0 fully saturated rings. The highest BCUT2D eigenvalue weighted by Crippen LogP contribution is 2.37. The maximum absolute atomic E-state index is 11.4. The van der Waals surface area contributed by atoms with E-state index in [1.807, 2.05) is 18.2 Å². The van der Waals surface area contributed by atoms with Gasteiger partial charge in [0.2, 0.25) is 0 Å². The number of carbonyl (C=O) groups excluding carboxylic acids is 1. The molecule has 3 rings (SSSR count). The third-order valence-electron chi connectivity index (χ3n) is 3.91. The number of carbonyl (C=O) groups is 1. The van der Waals surface area contributed by atoms with E-state index in [0.29, 0.717) is 74.8 Å². The van der Waals surface area contributed by atoms with Gasteiger partial charge in [-0.05, 0) is 24.3 Å². The highest BCUT2D eigenvalue weighted by Gasteiger charge is 2.14. The SMILES string of the molecule is O=Cc1cccc2c1OCCOCCOCCOCCOc1ccccc1O2. The van der Waals surface area contributed by atoms with Gasteiger partial charge in [-0.3, -0.25) is 4.79 Å². The van der Waals surface area contributed by atoms with Crippen LogP contribution in [0.25, 0.3) is 0 Å². The molecule has 1 aliphatic rings. The van der Waals surface area contributed by atoms with Crippen molar-refractivity contribution in [3.05, 3.63) is 48.0 Å². The van der Waals surface area contributed by atoms with E-state index in [0.717, 1.165) is 6.29 Å². The Morgan fingerprint density at radius 3 is 1.86 bits per heavy atom. The van der Waals surface area contributed by atoms with Crippen LogP contribution in [-0.4, -0.2) is 59.1 Å². The van der Waals surface area contributed by atoms with E-state index in [9.17, 15) is 4.79 Å². The molecule has 2 aromatic carbocycles. The number of aldehydes is 1. The summed E-state index contributed by atoms with van der Waals surface area (Å²) in [5.74, 6) is 1.91. The maximum atomic E-state index is 11.4. The monoisotopic (exact) mass is 388 g/mol. The predicted molar refractivity (Wildman–Crippen MR) is 102 cm³/mol. The minimum absolute atomic E-state index is 0.280. The number of ether oxygens (including phenoxy) is 6. The van der Waals surface area contributed by atoms with Gasteiger partial charge in [0.15, 0.2) is 29.3 Å². The zero-order valence-corrected chi connectivity index (χ0v) is 15.6. The Bertz CT molecular complexity index is 747. The van der Waals surface area contributed by atoms with Crippen LogP contribution in [0.15, 0.2) is 42.5 Å². The van der Waals surface area contributed by atoms with Gasteiger partial charge in [0, 0.05) is 0 Å². The average molecular weight is 388 g/mol. The van der Waals surface area contributed by atoms with Gasteiger partial charge in [-0.25, -0.2) is 0 Å². The molecule has 28 heavy (non-hydrogen) atoms. The Morgan fingerprint density at radius 2 is 1.18 bits per heavy atom. The molecule has 0 spiro atoms. The molecular weight excluding hydrogens is 364 g/mol. The Morgan fingerprint density at radius 1 is 0.607 bits per heavy atom. The molecule has 1 aliphatic heterocycles. The molecule has 0 aliphatic carbocycles. The van der Waals surface area contributed by atoms with Crippen LogP contribution in [-0.2, 0) is 14.2 Å². The van der Waals surface area contributed by atoms with E-state index in [1.54, 1.807) is 24.3 Å². The maximum Gasteiger partial charge on any atom is 0.172 e. The van der Waals surface area contributed by atoms with Crippen molar-refractivity contribution in [3.8, 4) is 23.0 Å². The lowest BCUT2D eigenvalue weighted by Gasteiger charge is -2.17.